The van der Waals surface area contributed by atoms with Crippen molar-refractivity contribution in [3.8, 4) is 0 Å². The third-order valence-electron chi connectivity index (χ3n) is 6.73. The van der Waals surface area contributed by atoms with Crippen LogP contribution >= 0.6 is 0 Å². The fraction of sp³-hybridized carbons (Fsp3) is 1.00. The van der Waals surface area contributed by atoms with Gasteiger partial charge in [-0.2, -0.15) is 0 Å². The van der Waals surface area contributed by atoms with Crippen LogP contribution in [-0.2, 0) is 0 Å². The lowest BCUT2D eigenvalue weighted by Gasteiger charge is -2.30. The van der Waals surface area contributed by atoms with Crippen LogP contribution in [0.5, 0.6) is 0 Å². The van der Waals surface area contributed by atoms with Gasteiger partial charge < -0.3 is 9.96 Å². The molecule has 0 radical (unpaired) electrons. The highest BCUT2D eigenvalue weighted by Gasteiger charge is 2.13. The van der Waals surface area contributed by atoms with Crippen LogP contribution in [0, 0.1) is 0 Å². The average molecular weight is 428 g/mol. The zero-order valence-electron chi connectivity index (χ0n) is 21.9. The smallest absolute Gasteiger partial charge is 0.0782 e. The molecule has 30 heavy (non-hydrogen) atoms. The van der Waals surface area contributed by atoms with E-state index in [4.69, 9.17) is 0 Å². The van der Waals surface area contributed by atoms with E-state index in [1.165, 1.54) is 159 Å². The minimum Gasteiger partial charge on any atom is -0.870 e. The Morgan fingerprint density at radius 3 is 0.767 bits per heavy atom. The number of unbranched alkanes of at least 4 members (excludes halogenated alkanes) is 20. The SMILES string of the molecule is CCCCCCCCCCCCC[N+](C)(C)CCCCCCCCCCCCC.[OH-]. The Labute approximate surface area is 192 Å². The summed E-state index contributed by atoms with van der Waals surface area (Å²) < 4.78 is 1.24. The molecule has 0 unspecified atom stereocenters. The molecule has 0 aliphatic rings. The number of nitrogens with zero attached hydrogens (tertiary/aromatic N) is 1. The topological polar surface area (TPSA) is 30.0 Å². The first kappa shape index (κ1) is 32.1. The second-order valence-electron chi connectivity index (χ2n) is 10.5. The van der Waals surface area contributed by atoms with Gasteiger partial charge in [0.2, 0.25) is 0 Å². The largest absolute Gasteiger partial charge is 0.870 e. The van der Waals surface area contributed by atoms with E-state index in [0.29, 0.717) is 0 Å². The Kier molecular flexibility index (Phi) is 26.9. The van der Waals surface area contributed by atoms with Gasteiger partial charge in [0.05, 0.1) is 27.2 Å². The van der Waals surface area contributed by atoms with E-state index in [9.17, 15) is 0 Å². The summed E-state index contributed by atoms with van der Waals surface area (Å²) >= 11 is 0. The zero-order chi connectivity index (χ0) is 21.5. The van der Waals surface area contributed by atoms with Gasteiger partial charge in [0, 0.05) is 0 Å². The Morgan fingerprint density at radius 1 is 0.333 bits per heavy atom. The van der Waals surface area contributed by atoms with Gasteiger partial charge >= 0.3 is 0 Å². The lowest BCUT2D eigenvalue weighted by molar-refractivity contribution is -0.890. The molecule has 184 valence electrons. The number of hydrogen-bond donors (Lipinski definition) is 0. The van der Waals surface area contributed by atoms with Crippen LogP contribution in [0.15, 0.2) is 0 Å². The molecule has 0 saturated carbocycles. The van der Waals surface area contributed by atoms with Gasteiger partial charge in [0.15, 0.2) is 0 Å². The van der Waals surface area contributed by atoms with Gasteiger partial charge in [-0.1, -0.05) is 129 Å². The summed E-state index contributed by atoms with van der Waals surface area (Å²) in [6, 6.07) is 0. The second-order valence-corrected chi connectivity index (χ2v) is 10.5. The molecule has 2 heteroatoms. The molecule has 0 rings (SSSR count). The summed E-state index contributed by atoms with van der Waals surface area (Å²) in [5.74, 6) is 0. The van der Waals surface area contributed by atoms with Gasteiger partial charge in [-0.3, -0.25) is 0 Å². The van der Waals surface area contributed by atoms with Crippen LogP contribution in [0.4, 0.5) is 0 Å². The van der Waals surface area contributed by atoms with Gasteiger partial charge in [-0.05, 0) is 25.7 Å². The van der Waals surface area contributed by atoms with Crippen molar-refractivity contribution >= 4 is 0 Å². The standard InChI is InChI=1S/C28H60N.H2O/c1-5-7-9-11-13-15-17-19-21-23-25-27-29(3,4)28-26-24-22-20-18-16-14-12-10-8-6-2;/h5-28H2,1-4H3;1H2/q+1;/p-1. The van der Waals surface area contributed by atoms with Gasteiger partial charge in [-0.25, -0.2) is 0 Å². The summed E-state index contributed by atoms with van der Waals surface area (Å²) in [6.07, 6.45) is 32.0. The van der Waals surface area contributed by atoms with Crippen LogP contribution in [0.2, 0.25) is 0 Å². The molecule has 0 aliphatic carbocycles. The molecular formula is C28H61NO. The molecule has 0 heterocycles. The van der Waals surface area contributed by atoms with Crippen molar-refractivity contribution in [2.75, 3.05) is 27.2 Å². The summed E-state index contributed by atoms with van der Waals surface area (Å²) in [4.78, 5) is 0. The second kappa shape index (κ2) is 25.2. The Balaban J connectivity index is 0. The molecule has 0 amide bonds. The lowest BCUT2D eigenvalue weighted by Crippen LogP contribution is -2.41. The van der Waals surface area contributed by atoms with E-state index in [1.807, 2.05) is 0 Å². The molecule has 0 aliphatic heterocycles. The normalized spacial score (nSPS) is 11.6. The maximum absolute atomic E-state index is 2.45. The molecule has 0 bridgehead atoms. The fourth-order valence-corrected chi connectivity index (χ4v) is 4.52. The molecule has 0 atom stereocenters. The first-order valence-corrected chi connectivity index (χ1v) is 13.9. The quantitative estimate of drug-likeness (QED) is 0.111. The van der Waals surface area contributed by atoms with Crippen LogP contribution in [0.25, 0.3) is 0 Å². The van der Waals surface area contributed by atoms with Crippen molar-refractivity contribution in [3.05, 3.63) is 0 Å². The molecule has 0 spiro atoms. The van der Waals surface area contributed by atoms with E-state index in [1.54, 1.807) is 0 Å². The predicted molar refractivity (Wildman–Crippen MR) is 137 cm³/mol. The van der Waals surface area contributed by atoms with E-state index >= 15 is 0 Å². The van der Waals surface area contributed by atoms with Crippen molar-refractivity contribution in [1.82, 2.24) is 0 Å². The molecule has 0 aromatic rings. The molecule has 0 aromatic heterocycles. The third-order valence-corrected chi connectivity index (χ3v) is 6.73. The number of quaternary nitrogens is 1. The van der Waals surface area contributed by atoms with Gasteiger partial charge in [-0.15, -0.1) is 0 Å². The van der Waals surface area contributed by atoms with E-state index in [0.717, 1.165) is 0 Å². The first-order valence-electron chi connectivity index (χ1n) is 13.9. The first-order chi connectivity index (χ1) is 14.1. The van der Waals surface area contributed by atoms with Crippen molar-refractivity contribution in [1.29, 1.82) is 0 Å². The zero-order valence-corrected chi connectivity index (χ0v) is 21.9. The summed E-state index contributed by atoms with van der Waals surface area (Å²) in [6.45, 7) is 7.37. The predicted octanol–water partition coefficient (Wildman–Crippen LogP) is 9.51. The monoisotopic (exact) mass is 427 g/mol. The van der Waals surface area contributed by atoms with Gasteiger partial charge in [0.25, 0.3) is 0 Å². The Hall–Kier alpha value is -0.0800. The number of hydrogen-bond acceptors (Lipinski definition) is 1. The lowest BCUT2D eigenvalue weighted by atomic mass is 10.1. The van der Waals surface area contributed by atoms with E-state index < -0.39 is 0 Å². The highest BCUT2D eigenvalue weighted by Crippen LogP contribution is 2.14. The summed E-state index contributed by atoms with van der Waals surface area (Å²) in [7, 11) is 4.90. The highest BCUT2D eigenvalue weighted by molar-refractivity contribution is 4.50. The minimum atomic E-state index is 0. The van der Waals surface area contributed by atoms with Gasteiger partial charge in [0.1, 0.15) is 0 Å². The van der Waals surface area contributed by atoms with Crippen molar-refractivity contribution in [3.63, 3.8) is 0 Å². The molecule has 0 fully saturated rings. The van der Waals surface area contributed by atoms with Crippen molar-refractivity contribution in [2.24, 2.45) is 0 Å². The fourth-order valence-electron chi connectivity index (χ4n) is 4.52. The van der Waals surface area contributed by atoms with E-state index in [-0.39, 0.29) is 5.48 Å². The maximum atomic E-state index is 2.45. The molecule has 2 nitrogen and oxygen atoms in total. The van der Waals surface area contributed by atoms with Crippen molar-refractivity contribution in [2.45, 2.75) is 155 Å². The number of rotatable bonds is 24. The summed E-state index contributed by atoms with van der Waals surface area (Å²) in [5, 5.41) is 0. The van der Waals surface area contributed by atoms with Crippen LogP contribution in [0.3, 0.4) is 0 Å². The molecule has 1 N–H and O–H groups in total. The maximum Gasteiger partial charge on any atom is 0.0782 e. The van der Waals surface area contributed by atoms with Crippen molar-refractivity contribution < 1.29 is 9.96 Å². The average Bonchev–Trinajstić information content (AvgIpc) is 2.70. The molecule has 0 aromatic carbocycles. The van der Waals surface area contributed by atoms with Crippen LogP contribution in [0.1, 0.15) is 155 Å². The molecular weight excluding hydrogens is 366 g/mol. The molecule has 0 saturated heterocycles. The van der Waals surface area contributed by atoms with Crippen LogP contribution in [-0.4, -0.2) is 37.1 Å². The Morgan fingerprint density at radius 2 is 0.533 bits per heavy atom. The highest BCUT2D eigenvalue weighted by atomic mass is 16.0. The van der Waals surface area contributed by atoms with Crippen LogP contribution < -0.4 is 0 Å². The third kappa shape index (κ3) is 26.0. The Bertz CT molecular complexity index is 275. The summed E-state index contributed by atoms with van der Waals surface area (Å²) in [5.41, 5.74) is 0. The minimum absolute atomic E-state index is 0. The van der Waals surface area contributed by atoms with E-state index in [2.05, 4.69) is 27.9 Å².